The molecule has 3 aromatic rings. The first-order chi connectivity index (χ1) is 9.61. The summed E-state index contributed by atoms with van der Waals surface area (Å²) in [6.45, 7) is 2.05. The monoisotopic (exact) mass is 384 g/mol. The van der Waals surface area contributed by atoms with E-state index in [-0.39, 0.29) is 0 Å². The Morgan fingerprint density at radius 3 is 2.95 bits per heavy atom. The third-order valence-electron chi connectivity index (χ3n) is 2.68. The molecule has 102 valence electrons. The molecule has 0 aliphatic carbocycles. The molecule has 1 aromatic carbocycles. The Bertz CT molecular complexity index is 773. The second kappa shape index (κ2) is 6.02. The van der Waals surface area contributed by atoms with E-state index < -0.39 is 0 Å². The van der Waals surface area contributed by atoms with Crippen LogP contribution in [-0.4, -0.2) is 9.97 Å². The summed E-state index contributed by atoms with van der Waals surface area (Å²) < 4.78 is 1.07. The van der Waals surface area contributed by atoms with Gasteiger partial charge in [0, 0.05) is 19.6 Å². The number of benzene rings is 1. The fourth-order valence-electron chi connectivity index (χ4n) is 1.82. The molecule has 0 fully saturated rings. The molecule has 0 saturated carbocycles. The molecule has 0 bridgehead atoms. The van der Waals surface area contributed by atoms with Crippen LogP contribution in [-0.2, 0) is 5.75 Å². The second-order valence-electron chi connectivity index (χ2n) is 4.25. The van der Waals surface area contributed by atoms with Crippen LogP contribution in [0.1, 0.15) is 10.7 Å². The molecule has 2 nitrogen and oxygen atoms in total. The van der Waals surface area contributed by atoms with E-state index in [1.807, 2.05) is 18.2 Å². The Morgan fingerprint density at radius 2 is 2.15 bits per heavy atom. The molecule has 0 N–H and O–H groups in total. The highest BCUT2D eigenvalue weighted by Gasteiger charge is 2.09. The lowest BCUT2D eigenvalue weighted by atomic mass is 10.4. The molecular formula is C14H10BrClN2S2. The Kier molecular flexibility index (Phi) is 4.31. The molecule has 3 rings (SSSR count). The van der Waals surface area contributed by atoms with Gasteiger partial charge in [0.05, 0.1) is 5.75 Å². The van der Waals surface area contributed by atoms with Gasteiger partial charge in [0.15, 0.2) is 0 Å². The van der Waals surface area contributed by atoms with Crippen molar-refractivity contribution in [1.82, 2.24) is 9.97 Å². The molecule has 0 amide bonds. The van der Waals surface area contributed by atoms with Gasteiger partial charge < -0.3 is 0 Å². The van der Waals surface area contributed by atoms with Crippen LogP contribution in [0.3, 0.4) is 0 Å². The van der Waals surface area contributed by atoms with Crippen LogP contribution >= 0.6 is 50.6 Å². The Morgan fingerprint density at radius 1 is 1.30 bits per heavy atom. The Labute approximate surface area is 138 Å². The number of halogens is 2. The minimum atomic E-state index is 0.546. The minimum Gasteiger partial charge on any atom is -0.221 e. The van der Waals surface area contributed by atoms with Crippen molar-refractivity contribution in [2.45, 2.75) is 17.6 Å². The van der Waals surface area contributed by atoms with E-state index in [2.05, 4.69) is 45.0 Å². The van der Waals surface area contributed by atoms with Crippen LogP contribution in [0.15, 0.2) is 39.7 Å². The summed E-state index contributed by atoms with van der Waals surface area (Å²) in [5, 5.41) is 1.49. The molecule has 0 aliphatic heterocycles. The predicted molar refractivity (Wildman–Crippen MR) is 90.9 cm³/mol. The number of nitrogens with zero attached hydrogens (tertiary/aromatic N) is 2. The van der Waals surface area contributed by atoms with Crippen molar-refractivity contribution in [2.75, 3.05) is 0 Å². The molecule has 6 heteroatoms. The number of thiophene rings is 1. The number of aromatic nitrogens is 2. The normalized spacial score (nSPS) is 11.2. The van der Waals surface area contributed by atoms with E-state index in [4.69, 9.17) is 11.6 Å². The SMILES string of the molecule is Cc1cc2c(Cl)nc(CSc3cccc(Br)c3)nc2s1. The number of fused-ring (bicyclic) bond motifs is 1. The summed E-state index contributed by atoms with van der Waals surface area (Å²) in [4.78, 5) is 12.3. The Balaban J connectivity index is 1.84. The number of hydrogen-bond acceptors (Lipinski definition) is 4. The van der Waals surface area contributed by atoms with Crippen LogP contribution in [0.25, 0.3) is 10.2 Å². The molecule has 2 aromatic heterocycles. The van der Waals surface area contributed by atoms with Crippen LogP contribution in [0.2, 0.25) is 5.15 Å². The van der Waals surface area contributed by atoms with Gasteiger partial charge in [0.1, 0.15) is 15.8 Å². The first-order valence-corrected chi connectivity index (χ1v) is 8.90. The van der Waals surface area contributed by atoms with Gasteiger partial charge in [-0.3, -0.25) is 0 Å². The van der Waals surface area contributed by atoms with E-state index >= 15 is 0 Å². The van der Waals surface area contributed by atoms with Gasteiger partial charge in [-0.05, 0) is 31.2 Å². The largest absolute Gasteiger partial charge is 0.221 e. The maximum atomic E-state index is 6.22. The fourth-order valence-corrected chi connectivity index (χ4v) is 4.37. The molecule has 20 heavy (non-hydrogen) atoms. The number of thioether (sulfide) groups is 1. The van der Waals surface area contributed by atoms with Crippen LogP contribution in [0, 0.1) is 6.92 Å². The summed E-state index contributed by atoms with van der Waals surface area (Å²) in [5.41, 5.74) is 0. The molecule has 0 radical (unpaired) electrons. The lowest BCUT2D eigenvalue weighted by Gasteiger charge is -2.02. The third kappa shape index (κ3) is 3.17. The van der Waals surface area contributed by atoms with Crippen molar-refractivity contribution >= 4 is 60.8 Å². The highest BCUT2D eigenvalue weighted by molar-refractivity contribution is 9.10. The summed E-state index contributed by atoms with van der Waals surface area (Å²) in [7, 11) is 0. The summed E-state index contributed by atoms with van der Waals surface area (Å²) in [6.07, 6.45) is 0. The predicted octanol–water partition coefficient (Wildman–Crippen LogP) is 5.71. The van der Waals surface area contributed by atoms with Gasteiger partial charge in [-0.2, -0.15) is 0 Å². The highest BCUT2D eigenvalue weighted by Crippen LogP contribution is 2.30. The van der Waals surface area contributed by atoms with E-state index in [1.165, 1.54) is 9.77 Å². The van der Waals surface area contributed by atoms with Crippen LogP contribution < -0.4 is 0 Å². The first kappa shape index (κ1) is 14.3. The summed E-state index contributed by atoms with van der Waals surface area (Å²) >= 11 is 13.0. The van der Waals surface area contributed by atoms with Gasteiger partial charge >= 0.3 is 0 Å². The van der Waals surface area contributed by atoms with Crippen LogP contribution in [0.5, 0.6) is 0 Å². The maximum Gasteiger partial charge on any atom is 0.142 e. The highest BCUT2D eigenvalue weighted by atomic mass is 79.9. The fraction of sp³-hybridized carbons (Fsp3) is 0.143. The van der Waals surface area contributed by atoms with Gasteiger partial charge in [0.25, 0.3) is 0 Å². The average Bonchev–Trinajstić information content (AvgIpc) is 2.78. The number of hydrogen-bond donors (Lipinski definition) is 0. The zero-order valence-corrected chi connectivity index (χ0v) is 14.5. The van der Waals surface area contributed by atoms with Gasteiger partial charge in [-0.1, -0.05) is 33.6 Å². The number of rotatable bonds is 3. The van der Waals surface area contributed by atoms with Crippen molar-refractivity contribution < 1.29 is 0 Å². The van der Waals surface area contributed by atoms with E-state index in [0.29, 0.717) is 10.9 Å². The molecule has 0 unspecified atom stereocenters. The molecular weight excluding hydrogens is 376 g/mol. The van der Waals surface area contributed by atoms with E-state index in [9.17, 15) is 0 Å². The maximum absolute atomic E-state index is 6.22. The van der Waals surface area contributed by atoms with Crippen molar-refractivity contribution in [1.29, 1.82) is 0 Å². The molecule has 0 spiro atoms. The number of aryl methyl sites for hydroxylation is 1. The van der Waals surface area contributed by atoms with Gasteiger partial charge in [0.2, 0.25) is 0 Å². The molecule has 0 atom stereocenters. The molecule has 0 saturated heterocycles. The summed E-state index contributed by atoms with van der Waals surface area (Å²) in [6, 6.07) is 10.2. The zero-order valence-electron chi connectivity index (χ0n) is 10.6. The van der Waals surface area contributed by atoms with E-state index in [1.54, 1.807) is 23.1 Å². The van der Waals surface area contributed by atoms with Gasteiger partial charge in [-0.15, -0.1) is 23.1 Å². The minimum absolute atomic E-state index is 0.546. The quantitative estimate of drug-likeness (QED) is 0.427. The average molecular weight is 386 g/mol. The smallest absolute Gasteiger partial charge is 0.142 e. The topological polar surface area (TPSA) is 25.8 Å². The van der Waals surface area contributed by atoms with Crippen molar-refractivity contribution in [3.05, 3.63) is 50.7 Å². The summed E-state index contributed by atoms with van der Waals surface area (Å²) in [5.74, 6) is 1.48. The lowest BCUT2D eigenvalue weighted by Crippen LogP contribution is -1.92. The molecule has 2 heterocycles. The van der Waals surface area contributed by atoms with Crippen molar-refractivity contribution in [3.8, 4) is 0 Å². The lowest BCUT2D eigenvalue weighted by molar-refractivity contribution is 1.07. The Hall–Kier alpha value is -0.620. The molecule has 0 aliphatic rings. The third-order valence-corrected chi connectivity index (χ3v) is 5.40. The standard InChI is InChI=1S/C14H10BrClN2S2/c1-8-5-11-13(16)17-12(18-14(11)20-8)7-19-10-4-2-3-9(15)6-10/h2-6H,7H2,1H3. The van der Waals surface area contributed by atoms with Crippen molar-refractivity contribution in [2.24, 2.45) is 0 Å². The zero-order chi connectivity index (χ0) is 14.1. The van der Waals surface area contributed by atoms with Gasteiger partial charge in [-0.25, -0.2) is 9.97 Å². The first-order valence-electron chi connectivity index (χ1n) is 5.93. The van der Waals surface area contributed by atoms with Crippen LogP contribution in [0.4, 0.5) is 0 Å². The van der Waals surface area contributed by atoms with E-state index in [0.717, 1.165) is 20.5 Å². The second-order valence-corrected chi connectivity index (χ2v) is 7.81. The van der Waals surface area contributed by atoms with Crippen molar-refractivity contribution in [3.63, 3.8) is 0 Å².